The predicted molar refractivity (Wildman–Crippen MR) is 99.2 cm³/mol. The van der Waals surface area contributed by atoms with Crippen molar-refractivity contribution in [1.29, 1.82) is 0 Å². The second-order valence-electron chi connectivity index (χ2n) is 7.60. The highest BCUT2D eigenvalue weighted by atomic mass is 19.4. The SMILES string of the molecule is Cc1ncnc2c1ccn2[C@@H]1O[C@H](C(O)c2ccc(C(F)(F)F)cc2)[C@@](C)(O)[C@H]1O. The summed E-state index contributed by atoms with van der Waals surface area (Å²) in [5.41, 5.74) is -1.42. The molecule has 0 amide bonds. The van der Waals surface area contributed by atoms with Crippen LogP contribution in [0.25, 0.3) is 11.0 Å². The van der Waals surface area contributed by atoms with Crippen molar-refractivity contribution in [3.05, 3.63) is 59.7 Å². The van der Waals surface area contributed by atoms with Gasteiger partial charge in [0.1, 0.15) is 35.9 Å². The Morgan fingerprint density at radius 2 is 1.83 bits per heavy atom. The molecule has 1 saturated heterocycles. The number of nitrogens with zero attached hydrogens (tertiary/aromatic N) is 3. The van der Waals surface area contributed by atoms with Crippen LogP contribution in [0.4, 0.5) is 13.2 Å². The van der Waals surface area contributed by atoms with Gasteiger partial charge in [-0.15, -0.1) is 0 Å². The maximum absolute atomic E-state index is 12.8. The molecular formula is C20H20F3N3O4. The van der Waals surface area contributed by atoms with Gasteiger partial charge in [0.15, 0.2) is 6.23 Å². The van der Waals surface area contributed by atoms with Crippen molar-refractivity contribution in [3.63, 3.8) is 0 Å². The molecule has 3 aromatic rings. The third kappa shape index (κ3) is 3.25. The van der Waals surface area contributed by atoms with E-state index >= 15 is 0 Å². The molecule has 0 spiro atoms. The molecule has 5 atom stereocenters. The molecule has 1 unspecified atom stereocenters. The molecule has 1 aromatic carbocycles. The van der Waals surface area contributed by atoms with Gasteiger partial charge < -0.3 is 24.6 Å². The van der Waals surface area contributed by atoms with Crippen molar-refractivity contribution in [3.8, 4) is 0 Å². The third-order valence-electron chi connectivity index (χ3n) is 5.58. The molecule has 4 rings (SSSR count). The topological polar surface area (TPSA) is 101 Å². The first-order chi connectivity index (χ1) is 14.0. The largest absolute Gasteiger partial charge is 0.416 e. The highest BCUT2D eigenvalue weighted by Crippen LogP contribution is 2.43. The van der Waals surface area contributed by atoms with Crippen LogP contribution in [-0.2, 0) is 10.9 Å². The molecule has 0 bridgehead atoms. The summed E-state index contributed by atoms with van der Waals surface area (Å²) in [4.78, 5) is 8.30. The van der Waals surface area contributed by atoms with E-state index in [2.05, 4.69) is 9.97 Å². The van der Waals surface area contributed by atoms with E-state index in [4.69, 9.17) is 4.74 Å². The minimum atomic E-state index is -4.50. The van der Waals surface area contributed by atoms with Crippen LogP contribution in [0.1, 0.15) is 36.1 Å². The van der Waals surface area contributed by atoms with Crippen LogP contribution in [0.15, 0.2) is 42.9 Å². The number of aliphatic hydroxyl groups is 3. The lowest BCUT2D eigenvalue weighted by molar-refractivity contribution is -0.137. The number of alkyl halides is 3. The van der Waals surface area contributed by atoms with Crippen LogP contribution in [0, 0.1) is 6.92 Å². The molecule has 30 heavy (non-hydrogen) atoms. The molecule has 160 valence electrons. The Morgan fingerprint density at radius 1 is 1.17 bits per heavy atom. The van der Waals surface area contributed by atoms with Gasteiger partial charge in [-0.2, -0.15) is 13.2 Å². The molecule has 0 saturated carbocycles. The molecule has 0 aliphatic carbocycles. The minimum Gasteiger partial charge on any atom is -0.386 e. The van der Waals surface area contributed by atoms with Gasteiger partial charge in [0, 0.05) is 11.6 Å². The van der Waals surface area contributed by atoms with E-state index in [-0.39, 0.29) is 5.56 Å². The molecule has 3 N–H and O–H groups in total. The molecule has 7 nitrogen and oxygen atoms in total. The first-order valence-corrected chi connectivity index (χ1v) is 9.21. The van der Waals surface area contributed by atoms with Crippen molar-refractivity contribution >= 4 is 11.0 Å². The van der Waals surface area contributed by atoms with Gasteiger partial charge in [0.2, 0.25) is 0 Å². The minimum absolute atomic E-state index is 0.122. The van der Waals surface area contributed by atoms with Gasteiger partial charge in [-0.25, -0.2) is 9.97 Å². The summed E-state index contributed by atoms with van der Waals surface area (Å²) in [6.45, 7) is 3.11. The summed E-state index contributed by atoms with van der Waals surface area (Å²) in [7, 11) is 0. The Hall–Kier alpha value is -2.53. The van der Waals surface area contributed by atoms with Crippen molar-refractivity contribution < 1.29 is 33.2 Å². The van der Waals surface area contributed by atoms with Crippen molar-refractivity contribution in [2.24, 2.45) is 0 Å². The summed E-state index contributed by atoms with van der Waals surface area (Å²) in [5.74, 6) is 0. The van der Waals surface area contributed by atoms with Crippen molar-refractivity contribution in [1.82, 2.24) is 14.5 Å². The third-order valence-corrected chi connectivity index (χ3v) is 5.58. The number of rotatable bonds is 3. The first kappa shape index (κ1) is 20.7. The number of benzene rings is 1. The van der Waals surface area contributed by atoms with Crippen LogP contribution >= 0.6 is 0 Å². The fraction of sp³-hybridized carbons (Fsp3) is 0.400. The highest BCUT2D eigenvalue weighted by Gasteiger charge is 2.55. The van der Waals surface area contributed by atoms with Gasteiger partial charge in [0.25, 0.3) is 0 Å². The lowest BCUT2D eigenvalue weighted by atomic mass is 9.88. The average molecular weight is 423 g/mol. The Morgan fingerprint density at radius 3 is 2.47 bits per heavy atom. The molecule has 2 aromatic heterocycles. The first-order valence-electron chi connectivity index (χ1n) is 9.21. The van der Waals surface area contributed by atoms with E-state index in [1.807, 2.05) is 0 Å². The fourth-order valence-electron chi connectivity index (χ4n) is 3.78. The van der Waals surface area contributed by atoms with Crippen LogP contribution in [0.5, 0.6) is 0 Å². The zero-order chi connectivity index (χ0) is 21.8. The number of aliphatic hydroxyl groups excluding tert-OH is 2. The van der Waals surface area contributed by atoms with Crippen molar-refractivity contribution in [2.45, 2.75) is 50.2 Å². The maximum atomic E-state index is 12.8. The second-order valence-corrected chi connectivity index (χ2v) is 7.60. The molecule has 1 aliphatic rings. The zero-order valence-corrected chi connectivity index (χ0v) is 16.1. The van der Waals surface area contributed by atoms with Crippen LogP contribution in [0.2, 0.25) is 0 Å². The Bertz CT molecular complexity index is 1070. The Balaban J connectivity index is 1.65. The fourth-order valence-corrected chi connectivity index (χ4v) is 3.78. The van der Waals surface area contributed by atoms with E-state index in [1.165, 1.54) is 17.8 Å². The zero-order valence-electron chi connectivity index (χ0n) is 16.1. The summed E-state index contributed by atoms with van der Waals surface area (Å²) >= 11 is 0. The van der Waals surface area contributed by atoms with Gasteiger partial charge in [0.05, 0.1) is 11.3 Å². The van der Waals surface area contributed by atoms with Gasteiger partial charge in [-0.05, 0) is 37.6 Å². The molecule has 10 heteroatoms. The molecule has 0 radical (unpaired) electrons. The average Bonchev–Trinajstić information content (AvgIpc) is 3.21. The van der Waals surface area contributed by atoms with E-state index in [0.29, 0.717) is 5.65 Å². The number of hydrogen-bond donors (Lipinski definition) is 3. The number of ether oxygens (including phenoxy) is 1. The number of aromatic nitrogens is 3. The van der Waals surface area contributed by atoms with Gasteiger partial charge in [-0.1, -0.05) is 12.1 Å². The number of aryl methyl sites for hydroxylation is 1. The molecule has 1 aliphatic heterocycles. The molecule has 3 heterocycles. The van der Waals surface area contributed by atoms with Crippen LogP contribution in [0.3, 0.4) is 0 Å². The lowest BCUT2D eigenvalue weighted by Gasteiger charge is -2.29. The van der Waals surface area contributed by atoms with Crippen LogP contribution < -0.4 is 0 Å². The van der Waals surface area contributed by atoms with E-state index in [9.17, 15) is 28.5 Å². The Kier molecular flexibility index (Phi) is 4.85. The Labute approximate surface area is 169 Å². The molecular weight excluding hydrogens is 403 g/mol. The smallest absolute Gasteiger partial charge is 0.386 e. The number of halogens is 3. The summed E-state index contributed by atoms with van der Waals surface area (Å²) < 4.78 is 45.7. The predicted octanol–water partition coefficient (Wildman–Crippen LogP) is 2.50. The van der Waals surface area contributed by atoms with Crippen LogP contribution in [-0.4, -0.2) is 47.7 Å². The standard InChI is InChI=1S/C20H20F3N3O4/c1-10-13-7-8-26(17(13)25-9-24-10)18-15(28)19(2,29)16(30-18)14(27)11-3-5-12(6-4-11)20(21,22)23/h3-9,14-16,18,27-29H,1-2H3/t14?,15-,16+,18+,19-/m0/s1. The quantitative estimate of drug-likeness (QED) is 0.599. The number of fused-ring (bicyclic) bond motifs is 1. The molecule has 1 fully saturated rings. The van der Waals surface area contributed by atoms with E-state index < -0.39 is 41.9 Å². The lowest BCUT2D eigenvalue weighted by Crippen LogP contribution is -2.47. The second kappa shape index (κ2) is 7.02. The maximum Gasteiger partial charge on any atom is 0.416 e. The normalized spacial score (nSPS) is 28.2. The van der Waals surface area contributed by atoms with Gasteiger partial charge >= 0.3 is 6.18 Å². The number of hydrogen-bond acceptors (Lipinski definition) is 6. The van der Waals surface area contributed by atoms with E-state index in [1.54, 1.807) is 19.2 Å². The highest BCUT2D eigenvalue weighted by molar-refractivity contribution is 5.78. The summed E-state index contributed by atoms with van der Waals surface area (Å²) in [6.07, 6.45) is -6.78. The van der Waals surface area contributed by atoms with E-state index in [0.717, 1.165) is 35.3 Å². The summed E-state index contributed by atoms with van der Waals surface area (Å²) in [6, 6.07) is 5.67. The van der Waals surface area contributed by atoms with Crippen molar-refractivity contribution in [2.75, 3.05) is 0 Å². The monoisotopic (exact) mass is 423 g/mol. The summed E-state index contributed by atoms with van der Waals surface area (Å²) in [5, 5.41) is 33.1. The van der Waals surface area contributed by atoms with Gasteiger partial charge in [-0.3, -0.25) is 0 Å².